The van der Waals surface area contributed by atoms with E-state index >= 15 is 0 Å². The Morgan fingerprint density at radius 2 is 1.85 bits per heavy atom. The molecule has 3 nitrogen and oxygen atoms in total. The molecule has 3 heteroatoms. The van der Waals surface area contributed by atoms with Gasteiger partial charge in [0, 0.05) is 0 Å². The topological polar surface area (TPSA) is 38.3 Å². The summed E-state index contributed by atoms with van der Waals surface area (Å²) in [4.78, 5) is 11.9. The van der Waals surface area contributed by atoms with Crippen LogP contribution in [0.15, 0.2) is 54.6 Å². The van der Waals surface area contributed by atoms with Crippen molar-refractivity contribution in [1.82, 2.24) is 5.32 Å². The zero-order chi connectivity index (χ0) is 13.8. The first-order chi connectivity index (χ1) is 9.83. The monoisotopic (exact) mass is 267 g/mol. The van der Waals surface area contributed by atoms with E-state index < -0.39 is 0 Å². The van der Waals surface area contributed by atoms with Gasteiger partial charge in [-0.3, -0.25) is 4.79 Å². The van der Waals surface area contributed by atoms with Crippen molar-refractivity contribution in [2.75, 3.05) is 6.61 Å². The molecule has 2 aromatic rings. The van der Waals surface area contributed by atoms with Crippen molar-refractivity contribution in [3.63, 3.8) is 0 Å². The van der Waals surface area contributed by atoms with Crippen molar-refractivity contribution in [3.05, 3.63) is 65.7 Å². The first-order valence-electron chi connectivity index (χ1n) is 6.88. The lowest BCUT2D eigenvalue weighted by molar-refractivity contribution is -0.123. The molecule has 1 atom stereocenters. The minimum atomic E-state index is -0.0736. The maximum Gasteiger partial charge on any atom is 0.258 e. The number of amides is 1. The molecule has 0 aromatic heterocycles. The number of rotatable bonds is 4. The molecule has 1 aliphatic carbocycles. The van der Waals surface area contributed by atoms with Crippen molar-refractivity contribution < 1.29 is 9.53 Å². The summed E-state index contributed by atoms with van der Waals surface area (Å²) in [6.45, 7) is 0.0582. The average molecular weight is 267 g/mol. The Kier molecular flexibility index (Phi) is 3.68. The number of carbonyl (C=O) groups excluding carboxylic acids is 1. The van der Waals surface area contributed by atoms with Gasteiger partial charge in [0.05, 0.1) is 6.04 Å². The lowest BCUT2D eigenvalue weighted by atomic mass is 10.1. The Labute approximate surface area is 118 Å². The standard InChI is InChI=1S/C17H17NO2/c19-17(12-20-14-7-2-1-3-8-14)18-16-11-10-13-6-4-5-9-15(13)16/h1-9,16H,10-12H2,(H,18,19)/t16-/m0/s1. The first kappa shape index (κ1) is 12.7. The van der Waals surface area contributed by atoms with E-state index in [9.17, 15) is 4.79 Å². The summed E-state index contributed by atoms with van der Waals surface area (Å²) >= 11 is 0. The Balaban J connectivity index is 1.55. The fourth-order valence-electron chi connectivity index (χ4n) is 2.61. The van der Waals surface area contributed by atoms with Crippen LogP contribution in [-0.2, 0) is 11.2 Å². The Morgan fingerprint density at radius 3 is 2.70 bits per heavy atom. The molecular weight excluding hydrogens is 250 g/mol. The molecule has 1 N–H and O–H groups in total. The number of hydrogen-bond acceptors (Lipinski definition) is 2. The highest BCUT2D eigenvalue weighted by Gasteiger charge is 2.23. The van der Waals surface area contributed by atoms with Crippen LogP contribution in [0.5, 0.6) is 5.75 Å². The van der Waals surface area contributed by atoms with Gasteiger partial charge in [-0.05, 0) is 36.1 Å². The molecule has 0 spiro atoms. The summed E-state index contributed by atoms with van der Waals surface area (Å²) in [7, 11) is 0. The number of hydrogen-bond donors (Lipinski definition) is 1. The van der Waals surface area contributed by atoms with Gasteiger partial charge in [-0.1, -0.05) is 42.5 Å². The van der Waals surface area contributed by atoms with E-state index in [-0.39, 0.29) is 18.6 Å². The number of benzene rings is 2. The fourth-order valence-corrected chi connectivity index (χ4v) is 2.61. The van der Waals surface area contributed by atoms with Crippen molar-refractivity contribution >= 4 is 5.91 Å². The van der Waals surface area contributed by atoms with Crippen molar-refractivity contribution in [2.45, 2.75) is 18.9 Å². The molecule has 0 heterocycles. The van der Waals surface area contributed by atoms with E-state index in [1.54, 1.807) is 0 Å². The summed E-state index contributed by atoms with van der Waals surface area (Å²) < 4.78 is 5.45. The molecule has 0 saturated carbocycles. The third-order valence-corrected chi connectivity index (χ3v) is 3.58. The van der Waals surface area contributed by atoms with Crippen LogP contribution in [0.25, 0.3) is 0 Å². The molecular formula is C17H17NO2. The van der Waals surface area contributed by atoms with Gasteiger partial charge in [-0.25, -0.2) is 0 Å². The molecule has 1 amide bonds. The van der Waals surface area contributed by atoms with Crippen LogP contribution in [-0.4, -0.2) is 12.5 Å². The van der Waals surface area contributed by atoms with E-state index in [2.05, 4.69) is 17.4 Å². The van der Waals surface area contributed by atoms with Gasteiger partial charge >= 0.3 is 0 Å². The van der Waals surface area contributed by atoms with Gasteiger partial charge < -0.3 is 10.1 Å². The highest BCUT2D eigenvalue weighted by Crippen LogP contribution is 2.30. The molecule has 1 aliphatic rings. The summed E-state index contributed by atoms with van der Waals surface area (Å²) in [5.74, 6) is 0.644. The van der Waals surface area contributed by atoms with Crippen molar-refractivity contribution in [1.29, 1.82) is 0 Å². The number of ether oxygens (including phenoxy) is 1. The van der Waals surface area contributed by atoms with E-state index in [1.165, 1.54) is 11.1 Å². The lowest BCUT2D eigenvalue weighted by Gasteiger charge is -2.14. The van der Waals surface area contributed by atoms with Crippen LogP contribution in [0.3, 0.4) is 0 Å². The molecule has 2 aromatic carbocycles. The molecule has 102 valence electrons. The van der Waals surface area contributed by atoms with Crippen LogP contribution in [0.2, 0.25) is 0 Å². The first-order valence-corrected chi connectivity index (χ1v) is 6.88. The largest absolute Gasteiger partial charge is 0.484 e. The molecule has 0 unspecified atom stereocenters. The Morgan fingerprint density at radius 1 is 1.10 bits per heavy atom. The zero-order valence-electron chi connectivity index (χ0n) is 11.2. The van der Waals surface area contributed by atoms with E-state index in [4.69, 9.17) is 4.74 Å². The van der Waals surface area contributed by atoms with Crippen LogP contribution >= 0.6 is 0 Å². The van der Waals surface area contributed by atoms with Gasteiger partial charge in [0.25, 0.3) is 5.91 Å². The summed E-state index contributed by atoms with van der Waals surface area (Å²) in [6, 6.07) is 17.8. The fraction of sp³-hybridized carbons (Fsp3) is 0.235. The molecule has 0 aliphatic heterocycles. The molecule has 0 bridgehead atoms. The summed E-state index contributed by atoms with van der Waals surface area (Å²) in [6.07, 6.45) is 2.00. The third kappa shape index (κ3) is 2.82. The lowest BCUT2D eigenvalue weighted by Crippen LogP contribution is -2.31. The van der Waals surface area contributed by atoms with Gasteiger partial charge in [0.15, 0.2) is 6.61 Å². The number of nitrogens with one attached hydrogen (secondary N) is 1. The van der Waals surface area contributed by atoms with E-state index in [0.717, 1.165) is 18.6 Å². The molecule has 0 radical (unpaired) electrons. The second-order valence-electron chi connectivity index (χ2n) is 4.96. The number of aryl methyl sites for hydroxylation is 1. The van der Waals surface area contributed by atoms with Crippen LogP contribution in [0.1, 0.15) is 23.6 Å². The summed E-state index contributed by atoms with van der Waals surface area (Å²) in [5.41, 5.74) is 2.57. The van der Waals surface area contributed by atoms with Gasteiger partial charge in [-0.15, -0.1) is 0 Å². The minimum absolute atomic E-state index is 0.0582. The van der Waals surface area contributed by atoms with E-state index in [1.807, 2.05) is 42.5 Å². The summed E-state index contributed by atoms with van der Waals surface area (Å²) in [5, 5.41) is 3.04. The van der Waals surface area contributed by atoms with Crippen LogP contribution in [0, 0.1) is 0 Å². The Hall–Kier alpha value is -2.29. The molecule has 0 fully saturated rings. The molecule has 3 rings (SSSR count). The SMILES string of the molecule is O=C(COc1ccccc1)N[C@H]1CCc2ccccc21. The highest BCUT2D eigenvalue weighted by molar-refractivity contribution is 5.78. The van der Waals surface area contributed by atoms with Gasteiger partial charge in [0.2, 0.25) is 0 Å². The smallest absolute Gasteiger partial charge is 0.258 e. The normalized spacial score (nSPS) is 16.5. The van der Waals surface area contributed by atoms with Crippen LogP contribution < -0.4 is 10.1 Å². The predicted molar refractivity (Wildman–Crippen MR) is 77.6 cm³/mol. The number of fused-ring (bicyclic) bond motifs is 1. The zero-order valence-corrected chi connectivity index (χ0v) is 11.2. The maximum absolute atomic E-state index is 11.9. The maximum atomic E-state index is 11.9. The average Bonchev–Trinajstić information content (AvgIpc) is 2.90. The Bertz CT molecular complexity index is 595. The molecule has 20 heavy (non-hydrogen) atoms. The van der Waals surface area contributed by atoms with Gasteiger partial charge in [0.1, 0.15) is 5.75 Å². The second-order valence-corrected chi connectivity index (χ2v) is 4.96. The predicted octanol–water partition coefficient (Wildman–Crippen LogP) is 2.87. The number of para-hydroxylation sites is 1. The number of carbonyl (C=O) groups is 1. The quantitative estimate of drug-likeness (QED) is 0.925. The van der Waals surface area contributed by atoms with Gasteiger partial charge in [-0.2, -0.15) is 0 Å². The second kappa shape index (κ2) is 5.78. The van der Waals surface area contributed by atoms with Crippen molar-refractivity contribution in [3.8, 4) is 5.75 Å². The van der Waals surface area contributed by atoms with Crippen LogP contribution in [0.4, 0.5) is 0 Å². The highest BCUT2D eigenvalue weighted by atomic mass is 16.5. The van der Waals surface area contributed by atoms with Crippen molar-refractivity contribution in [2.24, 2.45) is 0 Å². The molecule has 0 saturated heterocycles. The minimum Gasteiger partial charge on any atom is -0.484 e. The third-order valence-electron chi connectivity index (χ3n) is 3.58. The van der Waals surface area contributed by atoms with E-state index in [0.29, 0.717) is 0 Å².